The van der Waals surface area contributed by atoms with Crippen LogP contribution in [0, 0.1) is 0 Å². The van der Waals surface area contributed by atoms with E-state index in [1.165, 1.54) is 6.42 Å². The monoisotopic (exact) mass is 288 g/mol. The molecular formula is C15H20N4O2. The Kier molecular flexibility index (Phi) is 4.57. The summed E-state index contributed by atoms with van der Waals surface area (Å²) in [6.07, 6.45) is 7.14. The van der Waals surface area contributed by atoms with Gasteiger partial charge in [0.05, 0.1) is 13.2 Å². The second kappa shape index (κ2) is 6.78. The SMILES string of the molecule is OCCN(Cc1cccnc1)Cc1nnc(C2CCC2)o1. The third-order valence-corrected chi connectivity index (χ3v) is 3.84. The molecule has 2 aromatic heterocycles. The molecule has 3 rings (SSSR count). The van der Waals surface area contributed by atoms with Gasteiger partial charge < -0.3 is 9.52 Å². The zero-order chi connectivity index (χ0) is 14.5. The largest absolute Gasteiger partial charge is 0.424 e. The Morgan fingerprint density at radius 2 is 2.19 bits per heavy atom. The standard InChI is InChI=1S/C15H20N4O2/c20-8-7-19(10-12-3-2-6-16-9-12)11-14-17-18-15(21-14)13-4-1-5-13/h2-3,6,9,13,20H,1,4-5,7-8,10-11H2. The van der Waals surface area contributed by atoms with E-state index in [9.17, 15) is 5.11 Å². The summed E-state index contributed by atoms with van der Waals surface area (Å²) in [5.41, 5.74) is 1.10. The van der Waals surface area contributed by atoms with Gasteiger partial charge in [-0.1, -0.05) is 12.5 Å². The Balaban J connectivity index is 1.62. The number of aliphatic hydroxyl groups is 1. The molecule has 0 unspecified atom stereocenters. The fourth-order valence-corrected chi connectivity index (χ4v) is 2.45. The van der Waals surface area contributed by atoms with Gasteiger partial charge in [0.25, 0.3) is 0 Å². The highest BCUT2D eigenvalue weighted by Gasteiger charge is 2.25. The van der Waals surface area contributed by atoms with E-state index in [1.54, 1.807) is 6.20 Å². The fourth-order valence-electron chi connectivity index (χ4n) is 2.45. The number of pyridine rings is 1. The first-order valence-corrected chi connectivity index (χ1v) is 7.39. The molecule has 1 aliphatic rings. The van der Waals surface area contributed by atoms with Crippen LogP contribution >= 0.6 is 0 Å². The van der Waals surface area contributed by atoms with Gasteiger partial charge >= 0.3 is 0 Å². The van der Waals surface area contributed by atoms with Crippen LogP contribution in [0.25, 0.3) is 0 Å². The molecule has 0 radical (unpaired) electrons. The summed E-state index contributed by atoms with van der Waals surface area (Å²) in [5.74, 6) is 1.84. The predicted molar refractivity (Wildman–Crippen MR) is 76.3 cm³/mol. The summed E-state index contributed by atoms with van der Waals surface area (Å²) in [4.78, 5) is 6.19. The van der Waals surface area contributed by atoms with E-state index in [2.05, 4.69) is 20.1 Å². The summed E-state index contributed by atoms with van der Waals surface area (Å²) >= 11 is 0. The number of aromatic nitrogens is 3. The fraction of sp³-hybridized carbons (Fsp3) is 0.533. The highest BCUT2D eigenvalue weighted by Crippen LogP contribution is 2.35. The lowest BCUT2D eigenvalue weighted by Gasteiger charge is -2.21. The molecule has 21 heavy (non-hydrogen) atoms. The van der Waals surface area contributed by atoms with Crippen molar-refractivity contribution in [2.45, 2.75) is 38.3 Å². The van der Waals surface area contributed by atoms with Crippen LogP contribution in [-0.4, -0.2) is 38.3 Å². The van der Waals surface area contributed by atoms with Crippen LogP contribution in [0.5, 0.6) is 0 Å². The van der Waals surface area contributed by atoms with Gasteiger partial charge in [-0.2, -0.15) is 0 Å². The molecule has 1 aliphatic carbocycles. The van der Waals surface area contributed by atoms with Crippen molar-refractivity contribution >= 4 is 0 Å². The predicted octanol–water partition coefficient (Wildman–Crippen LogP) is 1.73. The first kappa shape index (κ1) is 14.2. The van der Waals surface area contributed by atoms with E-state index in [-0.39, 0.29) is 6.61 Å². The molecule has 6 nitrogen and oxygen atoms in total. The molecule has 0 aliphatic heterocycles. The summed E-state index contributed by atoms with van der Waals surface area (Å²) in [6, 6.07) is 3.93. The highest BCUT2D eigenvalue weighted by molar-refractivity contribution is 5.08. The van der Waals surface area contributed by atoms with Crippen LogP contribution in [0.2, 0.25) is 0 Å². The third kappa shape index (κ3) is 3.65. The van der Waals surface area contributed by atoms with E-state index in [0.29, 0.717) is 31.4 Å². The maximum absolute atomic E-state index is 9.21. The van der Waals surface area contributed by atoms with E-state index in [4.69, 9.17) is 4.42 Å². The summed E-state index contributed by atoms with van der Waals surface area (Å²) < 4.78 is 5.74. The van der Waals surface area contributed by atoms with Crippen molar-refractivity contribution < 1.29 is 9.52 Å². The molecule has 2 aromatic rings. The molecular weight excluding hydrogens is 268 g/mol. The molecule has 6 heteroatoms. The van der Waals surface area contributed by atoms with E-state index < -0.39 is 0 Å². The van der Waals surface area contributed by atoms with Crippen LogP contribution in [0.15, 0.2) is 28.9 Å². The Bertz CT molecular complexity index is 554. The van der Waals surface area contributed by atoms with Crippen molar-refractivity contribution in [2.75, 3.05) is 13.2 Å². The van der Waals surface area contributed by atoms with Crippen molar-refractivity contribution in [3.8, 4) is 0 Å². The minimum Gasteiger partial charge on any atom is -0.424 e. The summed E-state index contributed by atoms with van der Waals surface area (Å²) in [6.45, 7) is 1.92. The molecule has 1 fully saturated rings. The second-order valence-electron chi connectivity index (χ2n) is 5.46. The molecule has 0 atom stereocenters. The molecule has 2 heterocycles. The maximum atomic E-state index is 9.21. The Morgan fingerprint density at radius 3 is 2.86 bits per heavy atom. The minimum absolute atomic E-state index is 0.101. The molecule has 0 amide bonds. The summed E-state index contributed by atoms with van der Waals surface area (Å²) in [7, 11) is 0. The number of rotatable bonds is 7. The normalized spacial score (nSPS) is 15.3. The highest BCUT2D eigenvalue weighted by atomic mass is 16.4. The van der Waals surface area contributed by atoms with Gasteiger partial charge in [0.1, 0.15) is 0 Å². The van der Waals surface area contributed by atoms with Crippen LogP contribution in [0.1, 0.15) is 42.5 Å². The van der Waals surface area contributed by atoms with Gasteiger partial charge in [-0.25, -0.2) is 0 Å². The Labute approximate surface area is 123 Å². The average molecular weight is 288 g/mol. The molecule has 0 saturated heterocycles. The first-order chi connectivity index (χ1) is 10.3. The van der Waals surface area contributed by atoms with Crippen LogP contribution in [0.3, 0.4) is 0 Å². The minimum atomic E-state index is 0.101. The number of hydrogen-bond donors (Lipinski definition) is 1. The smallest absolute Gasteiger partial charge is 0.230 e. The first-order valence-electron chi connectivity index (χ1n) is 7.39. The molecule has 1 N–H and O–H groups in total. The molecule has 0 spiro atoms. The van der Waals surface area contributed by atoms with Crippen molar-refractivity contribution in [3.63, 3.8) is 0 Å². The van der Waals surface area contributed by atoms with Crippen LogP contribution in [-0.2, 0) is 13.1 Å². The van der Waals surface area contributed by atoms with Crippen LogP contribution in [0.4, 0.5) is 0 Å². The van der Waals surface area contributed by atoms with Gasteiger partial charge in [-0.05, 0) is 24.5 Å². The van der Waals surface area contributed by atoms with E-state index >= 15 is 0 Å². The number of hydrogen-bond acceptors (Lipinski definition) is 6. The third-order valence-electron chi connectivity index (χ3n) is 3.84. The van der Waals surface area contributed by atoms with E-state index in [0.717, 1.165) is 24.3 Å². The van der Waals surface area contributed by atoms with Gasteiger partial charge in [-0.3, -0.25) is 9.88 Å². The quantitative estimate of drug-likeness (QED) is 0.836. The average Bonchev–Trinajstić information content (AvgIpc) is 2.86. The van der Waals surface area contributed by atoms with Gasteiger partial charge in [0.2, 0.25) is 11.8 Å². The molecule has 0 bridgehead atoms. The Hall–Kier alpha value is -1.79. The lowest BCUT2D eigenvalue weighted by Crippen LogP contribution is -2.26. The van der Waals surface area contributed by atoms with Crippen molar-refractivity contribution in [2.24, 2.45) is 0 Å². The summed E-state index contributed by atoms with van der Waals surface area (Å²) in [5, 5.41) is 17.5. The van der Waals surface area contributed by atoms with Gasteiger partial charge in [0.15, 0.2) is 0 Å². The van der Waals surface area contributed by atoms with E-state index in [1.807, 2.05) is 18.3 Å². The van der Waals surface area contributed by atoms with Crippen LogP contribution < -0.4 is 0 Å². The Morgan fingerprint density at radius 1 is 1.29 bits per heavy atom. The number of nitrogens with zero attached hydrogens (tertiary/aromatic N) is 4. The zero-order valence-electron chi connectivity index (χ0n) is 12.0. The number of aliphatic hydroxyl groups excluding tert-OH is 1. The van der Waals surface area contributed by atoms with Crippen molar-refractivity contribution in [1.82, 2.24) is 20.1 Å². The second-order valence-corrected chi connectivity index (χ2v) is 5.46. The van der Waals surface area contributed by atoms with Gasteiger partial charge in [0, 0.05) is 31.4 Å². The van der Waals surface area contributed by atoms with Crippen molar-refractivity contribution in [1.29, 1.82) is 0 Å². The molecule has 112 valence electrons. The lowest BCUT2D eigenvalue weighted by molar-refractivity contribution is 0.170. The zero-order valence-corrected chi connectivity index (χ0v) is 12.0. The van der Waals surface area contributed by atoms with Crippen molar-refractivity contribution in [3.05, 3.63) is 41.9 Å². The topological polar surface area (TPSA) is 75.3 Å². The maximum Gasteiger partial charge on any atom is 0.230 e. The van der Waals surface area contributed by atoms with Gasteiger partial charge in [-0.15, -0.1) is 10.2 Å². The lowest BCUT2D eigenvalue weighted by atomic mass is 9.85. The molecule has 1 saturated carbocycles. The molecule has 0 aromatic carbocycles.